The third-order valence-electron chi connectivity index (χ3n) is 3.60. The molecule has 0 aliphatic rings. The second-order valence-electron chi connectivity index (χ2n) is 5.10. The second kappa shape index (κ2) is 6.07. The lowest BCUT2D eigenvalue weighted by atomic mass is 10.2. The summed E-state index contributed by atoms with van der Waals surface area (Å²) in [6.07, 6.45) is 2.76. The van der Waals surface area contributed by atoms with Gasteiger partial charge in [0.2, 0.25) is 0 Å². The molecule has 122 valence electrons. The highest BCUT2D eigenvalue weighted by atomic mass is 19.1. The number of rotatable bonds is 4. The van der Waals surface area contributed by atoms with Gasteiger partial charge in [-0.1, -0.05) is 12.1 Å². The van der Waals surface area contributed by atoms with Crippen molar-refractivity contribution < 1.29 is 18.8 Å². The molecule has 0 atom stereocenters. The zero-order valence-corrected chi connectivity index (χ0v) is 12.6. The number of hydrogen-bond acceptors (Lipinski definition) is 5. The van der Waals surface area contributed by atoms with Crippen LogP contribution in [0.1, 0.15) is 16.1 Å². The van der Waals surface area contributed by atoms with Crippen molar-refractivity contribution in [3.05, 3.63) is 69.9 Å². The summed E-state index contributed by atoms with van der Waals surface area (Å²) < 4.78 is 19.2. The molecule has 24 heavy (non-hydrogen) atoms. The van der Waals surface area contributed by atoms with Gasteiger partial charge in [0.15, 0.2) is 0 Å². The first-order valence-corrected chi connectivity index (χ1v) is 6.95. The topological polar surface area (TPSA) is 87.3 Å². The lowest BCUT2D eigenvalue weighted by molar-refractivity contribution is -0.383. The minimum absolute atomic E-state index is 0.00682. The predicted molar refractivity (Wildman–Crippen MR) is 83.2 cm³/mol. The van der Waals surface area contributed by atoms with Gasteiger partial charge in [0, 0.05) is 6.54 Å². The summed E-state index contributed by atoms with van der Waals surface area (Å²) in [5.74, 6) is -1.02. The molecule has 0 radical (unpaired) electrons. The molecule has 3 rings (SSSR count). The summed E-state index contributed by atoms with van der Waals surface area (Å²) in [6.45, 7) is 0.309. The lowest BCUT2D eigenvalue weighted by Gasteiger charge is -2.05. The maximum atomic E-state index is 13.0. The van der Waals surface area contributed by atoms with Crippen molar-refractivity contribution in [2.24, 2.45) is 0 Å². The zero-order valence-electron chi connectivity index (χ0n) is 12.6. The molecule has 0 amide bonds. The van der Waals surface area contributed by atoms with Gasteiger partial charge in [0.1, 0.15) is 11.5 Å². The summed E-state index contributed by atoms with van der Waals surface area (Å²) >= 11 is 0. The molecule has 2 heterocycles. The van der Waals surface area contributed by atoms with Gasteiger partial charge < -0.3 is 9.30 Å². The van der Waals surface area contributed by atoms with Gasteiger partial charge in [-0.05, 0) is 23.8 Å². The number of nitro groups is 1. The molecule has 0 fully saturated rings. The fourth-order valence-electron chi connectivity index (χ4n) is 2.45. The van der Waals surface area contributed by atoms with Crippen molar-refractivity contribution in [2.45, 2.75) is 6.54 Å². The lowest BCUT2D eigenvalue weighted by Crippen LogP contribution is -2.04. The van der Waals surface area contributed by atoms with E-state index in [9.17, 15) is 19.3 Å². The molecule has 3 aromatic rings. The highest BCUT2D eigenvalue weighted by Gasteiger charge is 2.20. The first kappa shape index (κ1) is 15.6. The van der Waals surface area contributed by atoms with E-state index in [1.54, 1.807) is 16.7 Å². The molecule has 8 heteroatoms. The van der Waals surface area contributed by atoms with Gasteiger partial charge in [0.25, 0.3) is 5.69 Å². The largest absolute Gasteiger partial charge is 0.464 e. The minimum Gasteiger partial charge on any atom is -0.464 e. The first-order valence-electron chi connectivity index (χ1n) is 6.95. The standard InChI is InChI=1S/C16H12FN3O4/c1-24-16(21)13-6-12-14(7-18-13)19(9-15(12)20(22)23)8-10-2-4-11(17)5-3-10/h2-7,9H,8H2,1H3. The van der Waals surface area contributed by atoms with E-state index in [1.165, 1.54) is 37.7 Å². The summed E-state index contributed by atoms with van der Waals surface area (Å²) in [5.41, 5.74) is 1.13. The Labute approximate surface area is 135 Å². The number of carbonyl (C=O) groups excluding carboxylic acids is 1. The molecule has 2 aromatic heterocycles. The monoisotopic (exact) mass is 329 g/mol. The van der Waals surface area contributed by atoms with Crippen molar-refractivity contribution in [3.8, 4) is 0 Å². The first-order chi connectivity index (χ1) is 11.5. The second-order valence-corrected chi connectivity index (χ2v) is 5.10. The molecular weight excluding hydrogens is 317 g/mol. The van der Waals surface area contributed by atoms with Crippen molar-refractivity contribution in [1.82, 2.24) is 9.55 Å². The van der Waals surface area contributed by atoms with Crippen LogP contribution in [0.15, 0.2) is 42.7 Å². The number of halogens is 1. The van der Waals surface area contributed by atoms with Crippen LogP contribution in [0.5, 0.6) is 0 Å². The highest BCUT2D eigenvalue weighted by molar-refractivity contribution is 5.96. The third-order valence-corrected chi connectivity index (χ3v) is 3.60. The third kappa shape index (κ3) is 2.81. The Bertz CT molecular complexity index is 934. The van der Waals surface area contributed by atoms with Gasteiger partial charge in [-0.25, -0.2) is 14.2 Å². The van der Waals surface area contributed by atoms with Crippen LogP contribution >= 0.6 is 0 Å². The number of hydrogen-bond donors (Lipinski definition) is 0. The maximum absolute atomic E-state index is 13.0. The SMILES string of the molecule is COC(=O)c1cc2c([N+](=O)[O-])cn(Cc3ccc(F)cc3)c2cn1. The Morgan fingerprint density at radius 1 is 1.38 bits per heavy atom. The Morgan fingerprint density at radius 2 is 2.08 bits per heavy atom. The molecule has 0 saturated carbocycles. The highest BCUT2D eigenvalue weighted by Crippen LogP contribution is 2.28. The Hall–Kier alpha value is -3.29. The van der Waals surface area contributed by atoms with Gasteiger partial charge in [0.05, 0.1) is 35.3 Å². The summed E-state index contributed by atoms with van der Waals surface area (Å²) in [4.78, 5) is 26.3. The smallest absolute Gasteiger partial charge is 0.356 e. The van der Waals surface area contributed by atoms with E-state index in [1.807, 2.05) is 0 Å². The molecule has 0 aliphatic heterocycles. The Morgan fingerprint density at radius 3 is 2.71 bits per heavy atom. The molecule has 0 N–H and O–H groups in total. The summed E-state index contributed by atoms with van der Waals surface area (Å²) in [6, 6.07) is 7.18. The molecule has 7 nitrogen and oxygen atoms in total. The number of pyridine rings is 1. The van der Waals surface area contributed by atoms with Crippen molar-refractivity contribution >= 4 is 22.6 Å². The average Bonchev–Trinajstić information content (AvgIpc) is 2.94. The number of fused-ring (bicyclic) bond motifs is 1. The van der Waals surface area contributed by atoms with Crippen LogP contribution in [-0.2, 0) is 11.3 Å². The van der Waals surface area contributed by atoms with Crippen LogP contribution in [0.4, 0.5) is 10.1 Å². The van der Waals surface area contributed by atoms with Gasteiger partial charge in [-0.3, -0.25) is 10.1 Å². The number of nitrogens with zero attached hydrogens (tertiary/aromatic N) is 3. The van der Waals surface area contributed by atoms with Crippen molar-refractivity contribution in [1.29, 1.82) is 0 Å². The van der Waals surface area contributed by atoms with E-state index >= 15 is 0 Å². The zero-order chi connectivity index (χ0) is 17.3. The molecular formula is C16H12FN3O4. The number of methoxy groups -OCH3 is 1. The Balaban J connectivity index is 2.09. The number of esters is 1. The number of ether oxygens (including phenoxy) is 1. The summed E-state index contributed by atoms with van der Waals surface area (Å²) in [7, 11) is 1.21. The van der Waals surface area contributed by atoms with E-state index in [0.29, 0.717) is 12.1 Å². The number of aromatic nitrogens is 2. The van der Waals surface area contributed by atoms with Crippen LogP contribution in [0, 0.1) is 15.9 Å². The van der Waals surface area contributed by atoms with Crippen LogP contribution in [0.2, 0.25) is 0 Å². The maximum Gasteiger partial charge on any atom is 0.356 e. The van der Waals surface area contributed by atoms with E-state index in [0.717, 1.165) is 5.56 Å². The number of carbonyl (C=O) groups is 1. The van der Waals surface area contributed by atoms with Crippen LogP contribution in [-0.4, -0.2) is 27.6 Å². The van der Waals surface area contributed by atoms with Gasteiger partial charge in [-0.2, -0.15) is 0 Å². The molecule has 0 unspecified atom stereocenters. The molecule has 0 aliphatic carbocycles. The van der Waals surface area contributed by atoms with Crippen molar-refractivity contribution in [2.75, 3.05) is 7.11 Å². The normalized spacial score (nSPS) is 10.8. The fourth-order valence-corrected chi connectivity index (χ4v) is 2.45. The van der Waals surface area contributed by atoms with E-state index in [-0.39, 0.29) is 22.6 Å². The van der Waals surface area contributed by atoms with Crippen LogP contribution < -0.4 is 0 Å². The molecule has 1 aromatic carbocycles. The van der Waals surface area contributed by atoms with E-state index < -0.39 is 10.9 Å². The van der Waals surface area contributed by atoms with Crippen molar-refractivity contribution in [3.63, 3.8) is 0 Å². The van der Waals surface area contributed by atoms with E-state index in [2.05, 4.69) is 9.72 Å². The van der Waals surface area contributed by atoms with Gasteiger partial charge >= 0.3 is 5.97 Å². The minimum atomic E-state index is -0.669. The number of benzene rings is 1. The quantitative estimate of drug-likeness (QED) is 0.417. The Kier molecular flexibility index (Phi) is 3.95. The van der Waals surface area contributed by atoms with E-state index in [4.69, 9.17) is 0 Å². The predicted octanol–water partition coefficient (Wildman–Crippen LogP) is 2.92. The fraction of sp³-hybridized carbons (Fsp3) is 0.125. The molecule has 0 bridgehead atoms. The summed E-state index contributed by atoms with van der Waals surface area (Å²) in [5, 5.41) is 11.6. The molecule has 0 spiro atoms. The average molecular weight is 329 g/mol. The van der Waals surface area contributed by atoms with Gasteiger partial charge in [-0.15, -0.1) is 0 Å². The van der Waals surface area contributed by atoms with Crippen LogP contribution in [0.25, 0.3) is 10.9 Å². The van der Waals surface area contributed by atoms with Crippen LogP contribution in [0.3, 0.4) is 0 Å². The molecule has 0 saturated heterocycles.